The number of furan rings is 1. The molecule has 38 heavy (non-hydrogen) atoms. The van der Waals surface area contributed by atoms with Gasteiger partial charge < -0.3 is 13.9 Å². The van der Waals surface area contributed by atoms with Crippen LogP contribution < -0.4 is 4.74 Å². The van der Waals surface area contributed by atoms with E-state index in [1.54, 1.807) is 13.4 Å². The number of esters is 1. The summed E-state index contributed by atoms with van der Waals surface area (Å²) in [6.45, 7) is -0.387. The number of carbonyl (C=O) groups is 2. The lowest BCUT2D eigenvalue weighted by atomic mass is 9.98. The molecule has 0 radical (unpaired) electrons. The third kappa shape index (κ3) is 4.67. The van der Waals surface area contributed by atoms with Gasteiger partial charge in [0, 0.05) is 17.4 Å². The summed E-state index contributed by atoms with van der Waals surface area (Å²) in [5.74, 6) is -0.117. The van der Waals surface area contributed by atoms with Crippen molar-refractivity contribution in [3.63, 3.8) is 0 Å². The molecule has 0 N–H and O–H groups in total. The Morgan fingerprint density at radius 2 is 1.79 bits per heavy atom. The predicted octanol–water partition coefficient (Wildman–Crippen LogP) is 5.39. The third-order valence-corrected chi connectivity index (χ3v) is 7.33. The van der Waals surface area contributed by atoms with Crippen LogP contribution in [0, 0.1) is 0 Å². The van der Waals surface area contributed by atoms with E-state index in [-0.39, 0.29) is 25.0 Å². The first-order valence-electron chi connectivity index (χ1n) is 12.9. The molecule has 1 aliphatic heterocycles. The molecule has 7 heteroatoms. The number of benzene rings is 3. The number of hydrogen-bond donors (Lipinski definition) is 0. The summed E-state index contributed by atoms with van der Waals surface area (Å²) in [5, 5.41) is 7.02. The van der Waals surface area contributed by atoms with Gasteiger partial charge in [0.05, 0.1) is 31.5 Å². The first kappa shape index (κ1) is 24.0. The van der Waals surface area contributed by atoms with Crippen molar-refractivity contribution in [3.05, 3.63) is 101 Å². The zero-order valence-electron chi connectivity index (χ0n) is 21.2. The number of hydrogen-bond acceptors (Lipinski definition) is 6. The number of rotatable bonds is 7. The van der Waals surface area contributed by atoms with Gasteiger partial charge in [-0.25, -0.2) is 5.01 Å². The minimum atomic E-state index is -0.478. The van der Waals surface area contributed by atoms with Crippen LogP contribution in [-0.4, -0.2) is 36.3 Å². The van der Waals surface area contributed by atoms with Crippen molar-refractivity contribution in [2.75, 3.05) is 13.7 Å². The number of hydrazone groups is 1. The molecule has 1 unspecified atom stereocenters. The van der Waals surface area contributed by atoms with Crippen LogP contribution in [0.3, 0.4) is 0 Å². The Labute approximate surface area is 220 Å². The van der Waals surface area contributed by atoms with Gasteiger partial charge in [0.2, 0.25) is 0 Å². The highest BCUT2D eigenvalue weighted by atomic mass is 16.5. The van der Waals surface area contributed by atoms with Gasteiger partial charge in [-0.15, -0.1) is 0 Å². The first-order chi connectivity index (χ1) is 18.6. The maximum Gasteiger partial charge on any atom is 0.310 e. The van der Waals surface area contributed by atoms with Gasteiger partial charge >= 0.3 is 5.97 Å². The van der Waals surface area contributed by atoms with E-state index >= 15 is 0 Å². The molecule has 1 aliphatic carbocycles. The molecule has 1 atom stereocenters. The van der Waals surface area contributed by atoms with Crippen molar-refractivity contribution in [2.24, 2.45) is 5.10 Å². The van der Waals surface area contributed by atoms with E-state index in [4.69, 9.17) is 13.9 Å². The number of fused-ring (bicyclic) bond motifs is 2. The smallest absolute Gasteiger partial charge is 0.310 e. The van der Waals surface area contributed by atoms with E-state index in [1.807, 2.05) is 54.6 Å². The van der Waals surface area contributed by atoms with E-state index in [2.05, 4.69) is 17.2 Å². The standard InChI is InChI=1S/C31H28N2O5/c1-36-25-12-10-21(11-13-25)28-17-27(20-6-3-2-4-7-20)32-33(28)30(34)19-38-31(35)16-24-18-37-29-15-23-9-5-8-22(23)14-26(24)29/h2-4,6-7,10-15,18,28H,5,8-9,16-17,19H2,1H3. The van der Waals surface area contributed by atoms with Crippen molar-refractivity contribution >= 4 is 28.6 Å². The number of aryl methyl sites for hydroxylation is 2. The van der Waals surface area contributed by atoms with E-state index in [0.717, 1.165) is 58.4 Å². The second-order valence-corrected chi connectivity index (χ2v) is 9.71. The monoisotopic (exact) mass is 508 g/mol. The van der Waals surface area contributed by atoms with Crippen LogP contribution in [0.4, 0.5) is 0 Å². The molecule has 0 saturated heterocycles. The summed E-state index contributed by atoms with van der Waals surface area (Å²) in [6.07, 6.45) is 5.46. The highest BCUT2D eigenvalue weighted by Crippen LogP contribution is 2.34. The fourth-order valence-corrected chi connectivity index (χ4v) is 5.33. The molecule has 1 aromatic heterocycles. The van der Waals surface area contributed by atoms with Crippen LogP contribution in [0.1, 0.15) is 46.7 Å². The number of ether oxygens (including phenoxy) is 2. The maximum atomic E-state index is 13.3. The first-order valence-corrected chi connectivity index (χ1v) is 12.9. The summed E-state index contributed by atoms with van der Waals surface area (Å²) in [5.41, 5.74) is 6.88. The molecule has 4 aromatic rings. The minimum absolute atomic E-state index is 0.0412. The Balaban J connectivity index is 1.16. The van der Waals surface area contributed by atoms with Crippen LogP contribution in [0.15, 0.2) is 82.5 Å². The molecule has 6 rings (SSSR count). The normalized spacial score (nSPS) is 16.4. The lowest BCUT2D eigenvalue weighted by molar-refractivity contribution is -0.152. The second kappa shape index (κ2) is 10.2. The van der Waals surface area contributed by atoms with Gasteiger partial charge in [-0.2, -0.15) is 5.10 Å². The van der Waals surface area contributed by atoms with Crippen LogP contribution in [0.25, 0.3) is 11.0 Å². The summed E-state index contributed by atoms with van der Waals surface area (Å²) in [4.78, 5) is 26.0. The van der Waals surface area contributed by atoms with E-state index < -0.39 is 5.97 Å². The Kier molecular flexibility index (Phi) is 6.42. The van der Waals surface area contributed by atoms with E-state index in [1.165, 1.54) is 16.1 Å². The van der Waals surface area contributed by atoms with Gasteiger partial charge in [-0.05, 0) is 65.8 Å². The Hall–Kier alpha value is -4.39. The van der Waals surface area contributed by atoms with Crippen LogP contribution in [-0.2, 0) is 33.6 Å². The molecule has 0 bridgehead atoms. The van der Waals surface area contributed by atoms with Gasteiger partial charge in [0.1, 0.15) is 11.3 Å². The zero-order chi connectivity index (χ0) is 26.1. The molecule has 2 aliphatic rings. The maximum absolute atomic E-state index is 13.3. The third-order valence-electron chi connectivity index (χ3n) is 7.33. The summed E-state index contributed by atoms with van der Waals surface area (Å²) in [6, 6.07) is 21.3. The average Bonchev–Trinajstić information content (AvgIpc) is 3.70. The average molecular weight is 509 g/mol. The highest BCUT2D eigenvalue weighted by molar-refractivity contribution is 6.03. The van der Waals surface area contributed by atoms with Crippen molar-refractivity contribution in [1.29, 1.82) is 0 Å². The molecule has 7 nitrogen and oxygen atoms in total. The lowest BCUT2D eigenvalue weighted by Gasteiger charge is -2.22. The Bertz CT molecular complexity index is 1520. The molecule has 0 fully saturated rings. The Morgan fingerprint density at radius 3 is 2.55 bits per heavy atom. The molecule has 0 spiro atoms. The fourth-order valence-electron chi connectivity index (χ4n) is 5.33. The second-order valence-electron chi connectivity index (χ2n) is 9.71. The van der Waals surface area contributed by atoms with Crippen LogP contribution >= 0.6 is 0 Å². The molecule has 2 heterocycles. The fraction of sp³-hybridized carbons (Fsp3) is 0.258. The number of amides is 1. The van der Waals surface area contributed by atoms with Gasteiger partial charge in [-0.1, -0.05) is 42.5 Å². The summed E-state index contributed by atoms with van der Waals surface area (Å²) >= 11 is 0. The lowest BCUT2D eigenvalue weighted by Crippen LogP contribution is -2.31. The van der Waals surface area contributed by atoms with Crippen LogP contribution in [0.5, 0.6) is 5.75 Å². The highest BCUT2D eigenvalue weighted by Gasteiger charge is 2.33. The summed E-state index contributed by atoms with van der Waals surface area (Å²) < 4.78 is 16.4. The predicted molar refractivity (Wildman–Crippen MR) is 143 cm³/mol. The topological polar surface area (TPSA) is 81.3 Å². The summed E-state index contributed by atoms with van der Waals surface area (Å²) in [7, 11) is 1.62. The Morgan fingerprint density at radius 1 is 1.03 bits per heavy atom. The molecule has 3 aromatic carbocycles. The van der Waals surface area contributed by atoms with E-state index in [0.29, 0.717) is 6.42 Å². The molecule has 1 amide bonds. The quantitative estimate of drug-likeness (QED) is 0.313. The van der Waals surface area contributed by atoms with Gasteiger partial charge in [0.25, 0.3) is 5.91 Å². The molecular weight excluding hydrogens is 480 g/mol. The largest absolute Gasteiger partial charge is 0.497 e. The van der Waals surface area contributed by atoms with Crippen molar-refractivity contribution < 1.29 is 23.5 Å². The SMILES string of the molecule is COc1ccc(C2CC(c3ccccc3)=NN2C(=O)COC(=O)Cc2coc3cc4c(cc23)CCC4)cc1. The van der Waals surface area contributed by atoms with Crippen molar-refractivity contribution in [1.82, 2.24) is 5.01 Å². The van der Waals surface area contributed by atoms with Crippen molar-refractivity contribution in [2.45, 2.75) is 38.1 Å². The number of carbonyl (C=O) groups excluding carboxylic acids is 2. The molecule has 192 valence electrons. The molecular formula is C31H28N2O5. The van der Waals surface area contributed by atoms with E-state index in [9.17, 15) is 9.59 Å². The minimum Gasteiger partial charge on any atom is -0.497 e. The van der Waals surface area contributed by atoms with Crippen molar-refractivity contribution in [3.8, 4) is 5.75 Å². The van der Waals surface area contributed by atoms with Gasteiger partial charge in [-0.3, -0.25) is 9.59 Å². The number of nitrogens with zero attached hydrogens (tertiary/aromatic N) is 2. The van der Waals surface area contributed by atoms with Crippen LogP contribution in [0.2, 0.25) is 0 Å². The number of methoxy groups -OCH3 is 1. The van der Waals surface area contributed by atoms with Gasteiger partial charge in [0.15, 0.2) is 6.61 Å². The molecule has 0 saturated carbocycles. The zero-order valence-corrected chi connectivity index (χ0v) is 21.2.